The van der Waals surface area contributed by atoms with Crippen LogP contribution in [0.25, 0.3) is 0 Å². The Morgan fingerprint density at radius 1 is 0.471 bits per heavy atom. The van der Waals surface area contributed by atoms with Crippen LogP contribution in [0.2, 0.25) is 0 Å². The highest BCUT2D eigenvalue weighted by Crippen LogP contribution is 2.16. The summed E-state index contributed by atoms with van der Waals surface area (Å²) < 4.78 is 0. The zero-order chi connectivity index (χ0) is 37.5. The number of carbonyl (C=O) groups is 1. The fourth-order valence-electron chi connectivity index (χ4n) is 7.11. The smallest absolute Gasteiger partial charge is 0.249 e. The largest absolute Gasteiger partial charge is 0.394 e. The highest BCUT2D eigenvalue weighted by molar-refractivity contribution is 5.80. The van der Waals surface area contributed by atoms with Crippen LogP contribution < -0.4 is 5.32 Å². The molecule has 0 aliphatic carbocycles. The standard InChI is InChI=1S/C45H89NO5/c1-3-5-7-9-11-13-14-15-16-17-18-19-20-21-22-23-24-25-26-27-28-29-31-32-34-36-38-42(48)44(50)41(40-47)46-45(51)43(49)39-37-35-33-30-12-10-8-6-4-2/h31-32,41-44,47-50H,3-30,33-40H2,1-2H3,(H,46,51)/b32-31+. The fraction of sp³-hybridized carbons (Fsp3) is 0.933. The minimum Gasteiger partial charge on any atom is -0.394 e. The Labute approximate surface area is 317 Å². The van der Waals surface area contributed by atoms with Crippen LogP contribution in [0.5, 0.6) is 0 Å². The topological polar surface area (TPSA) is 110 Å². The molecule has 51 heavy (non-hydrogen) atoms. The van der Waals surface area contributed by atoms with Gasteiger partial charge in [-0.25, -0.2) is 0 Å². The molecule has 304 valence electrons. The predicted molar refractivity (Wildman–Crippen MR) is 219 cm³/mol. The van der Waals surface area contributed by atoms with Crippen molar-refractivity contribution in [1.29, 1.82) is 0 Å². The Hall–Kier alpha value is -0.950. The van der Waals surface area contributed by atoms with E-state index in [1.54, 1.807) is 0 Å². The van der Waals surface area contributed by atoms with Gasteiger partial charge in [0.15, 0.2) is 0 Å². The Kier molecular flexibility index (Phi) is 39.5. The average molecular weight is 724 g/mol. The minimum atomic E-state index is -1.28. The summed E-state index contributed by atoms with van der Waals surface area (Å²) in [6, 6.07) is -0.995. The maximum Gasteiger partial charge on any atom is 0.249 e. The van der Waals surface area contributed by atoms with E-state index in [0.29, 0.717) is 12.8 Å². The van der Waals surface area contributed by atoms with Crippen molar-refractivity contribution >= 4 is 5.91 Å². The predicted octanol–water partition coefficient (Wildman–Crippen LogP) is 11.8. The van der Waals surface area contributed by atoms with Gasteiger partial charge in [0, 0.05) is 0 Å². The summed E-state index contributed by atoms with van der Waals surface area (Å²) in [7, 11) is 0. The molecular weight excluding hydrogens is 634 g/mol. The van der Waals surface area contributed by atoms with Crippen molar-refractivity contribution in [1.82, 2.24) is 5.32 Å². The van der Waals surface area contributed by atoms with Crippen molar-refractivity contribution in [3.63, 3.8) is 0 Å². The normalized spacial score (nSPS) is 14.2. The molecule has 0 fully saturated rings. The molecule has 0 bridgehead atoms. The van der Waals surface area contributed by atoms with Gasteiger partial charge in [-0.1, -0.05) is 212 Å². The number of aliphatic hydroxyl groups is 4. The first-order valence-corrected chi connectivity index (χ1v) is 22.6. The second kappa shape index (κ2) is 40.2. The molecule has 5 N–H and O–H groups in total. The maximum absolute atomic E-state index is 12.4. The van der Waals surface area contributed by atoms with Crippen molar-refractivity contribution < 1.29 is 25.2 Å². The first kappa shape index (κ1) is 50.1. The second-order valence-electron chi connectivity index (χ2n) is 15.8. The van der Waals surface area contributed by atoms with Crippen LogP contribution >= 0.6 is 0 Å². The molecule has 0 aromatic rings. The molecule has 0 heterocycles. The second-order valence-corrected chi connectivity index (χ2v) is 15.8. The van der Waals surface area contributed by atoms with Crippen molar-refractivity contribution in [2.24, 2.45) is 0 Å². The van der Waals surface area contributed by atoms with Crippen LogP contribution in [0.4, 0.5) is 0 Å². The lowest BCUT2D eigenvalue weighted by atomic mass is 10.00. The van der Waals surface area contributed by atoms with Crippen LogP contribution in [0, 0.1) is 0 Å². The number of hydrogen-bond donors (Lipinski definition) is 5. The van der Waals surface area contributed by atoms with Gasteiger partial charge in [-0.3, -0.25) is 4.79 Å². The highest BCUT2D eigenvalue weighted by Gasteiger charge is 2.28. The Bertz CT molecular complexity index is 731. The molecule has 0 aromatic carbocycles. The third kappa shape index (κ3) is 34.6. The van der Waals surface area contributed by atoms with E-state index < -0.39 is 36.9 Å². The van der Waals surface area contributed by atoms with E-state index in [2.05, 4.69) is 31.3 Å². The summed E-state index contributed by atoms with van der Waals surface area (Å²) in [5, 5.41) is 43.5. The number of rotatable bonds is 41. The van der Waals surface area contributed by atoms with Gasteiger partial charge < -0.3 is 25.7 Å². The molecule has 0 aliphatic heterocycles. The van der Waals surface area contributed by atoms with Crippen LogP contribution in [0.3, 0.4) is 0 Å². The molecule has 4 unspecified atom stereocenters. The summed E-state index contributed by atoms with van der Waals surface area (Å²) in [4.78, 5) is 12.4. The molecule has 0 saturated heterocycles. The molecule has 0 aliphatic rings. The van der Waals surface area contributed by atoms with E-state index in [0.717, 1.165) is 38.5 Å². The van der Waals surface area contributed by atoms with Gasteiger partial charge in [0.25, 0.3) is 0 Å². The third-order valence-corrected chi connectivity index (χ3v) is 10.7. The van der Waals surface area contributed by atoms with Crippen LogP contribution in [0.1, 0.15) is 239 Å². The monoisotopic (exact) mass is 724 g/mol. The number of hydrogen-bond acceptors (Lipinski definition) is 5. The number of nitrogens with one attached hydrogen (secondary N) is 1. The minimum absolute atomic E-state index is 0.365. The van der Waals surface area contributed by atoms with Crippen LogP contribution in [-0.4, -0.2) is 57.3 Å². The molecule has 6 heteroatoms. The summed E-state index contributed by atoms with van der Waals surface area (Å²) in [5.74, 6) is -0.594. The summed E-state index contributed by atoms with van der Waals surface area (Å²) in [6.07, 6.45) is 44.2. The van der Waals surface area contributed by atoms with Gasteiger partial charge >= 0.3 is 0 Å². The van der Waals surface area contributed by atoms with Crippen molar-refractivity contribution in [3.05, 3.63) is 12.2 Å². The van der Waals surface area contributed by atoms with Gasteiger partial charge in [-0.15, -0.1) is 0 Å². The molecule has 0 saturated carbocycles. The summed E-state index contributed by atoms with van der Waals surface area (Å²) >= 11 is 0. The SMILES string of the molecule is CCCCCCCCCCCCCCCCCCCCCCC/C=C/CCCC(O)C(O)C(CO)NC(=O)C(O)CCCCCCCCCCC. The number of aliphatic hydroxyl groups excluding tert-OH is 4. The molecule has 1 amide bonds. The summed E-state index contributed by atoms with van der Waals surface area (Å²) in [5.41, 5.74) is 0. The van der Waals surface area contributed by atoms with E-state index in [1.807, 2.05) is 0 Å². The molecule has 4 atom stereocenters. The van der Waals surface area contributed by atoms with E-state index >= 15 is 0 Å². The van der Waals surface area contributed by atoms with Gasteiger partial charge in [0.1, 0.15) is 12.2 Å². The molecule has 0 spiro atoms. The average Bonchev–Trinajstić information content (AvgIpc) is 3.13. The zero-order valence-electron chi connectivity index (χ0n) is 34.1. The first-order valence-electron chi connectivity index (χ1n) is 22.6. The van der Waals surface area contributed by atoms with E-state index in [9.17, 15) is 25.2 Å². The number of carbonyl (C=O) groups excluding carboxylic acids is 1. The Balaban J connectivity index is 3.64. The van der Waals surface area contributed by atoms with Crippen molar-refractivity contribution in [2.75, 3.05) is 6.61 Å². The lowest BCUT2D eigenvalue weighted by Crippen LogP contribution is -2.53. The molecule has 0 radical (unpaired) electrons. The van der Waals surface area contributed by atoms with Gasteiger partial charge in [-0.2, -0.15) is 0 Å². The van der Waals surface area contributed by atoms with E-state index in [1.165, 1.54) is 173 Å². The van der Waals surface area contributed by atoms with Gasteiger partial charge in [0.05, 0.1) is 18.8 Å². The Morgan fingerprint density at radius 3 is 1.18 bits per heavy atom. The highest BCUT2D eigenvalue weighted by atomic mass is 16.3. The lowest BCUT2D eigenvalue weighted by molar-refractivity contribution is -0.132. The Morgan fingerprint density at radius 2 is 0.804 bits per heavy atom. The lowest BCUT2D eigenvalue weighted by Gasteiger charge is -2.27. The van der Waals surface area contributed by atoms with Crippen LogP contribution in [-0.2, 0) is 4.79 Å². The zero-order valence-corrected chi connectivity index (χ0v) is 34.1. The van der Waals surface area contributed by atoms with E-state index in [-0.39, 0.29) is 0 Å². The molecule has 0 rings (SSSR count). The third-order valence-electron chi connectivity index (χ3n) is 10.7. The summed E-state index contributed by atoms with van der Waals surface area (Å²) in [6.45, 7) is 4.02. The van der Waals surface area contributed by atoms with Gasteiger partial charge in [-0.05, 0) is 38.5 Å². The molecule has 6 nitrogen and oxygen atoms in total. The molecular formula is C45H89NO5. The van der Waals surface area contributed by atoms with Gasteiger partial charge in [0.2, 0.25) is 5.91 Å². The fourth-order valence-corrected chi connectivity index (χ4v) is 7.11. The van der Waals surface area contributed by atoms with Crippen molar-refractivity contribution in [2.45, 2.75) is 263 Å². The van der Waals surface area contributed by atoms with E-state index in [4.69, 9.17) is 0 Å². The quantitative estimate of drug-likeness (QED) is 0.0319. The number of unbranched alkanes of at least 4 members (excludes halogenated alkanes) is 30. The first-order chi connectivity index (χ1) is 25.0. The van der Waals surface area contributed by atoms with Crippen molar-refractivity contribution in [3.8, 4) is 0 Å². The molecule has 0 aromatic heterocycles. The maximum atomic E-state index is 12.4. The number of allylic oxidation sites excluding steroid dienone is 2. The number of amides is 1. The van der Waals surface area contributed by atoms with Crippen LogP contribution in [0.15, 0.2) is 12.2 Å².